The lowest BCUT2D eigenvalue weighted by Crippen LogP contribution is -2.43. The lowest BCUT2D eigenvalue weighted by atomic mass is 10.3. The van der Waals surface area contributed by atoms with E-state index in [1.165, 1.54) is 24.2 Å². The largest absolute Gasteiger partial charge is 0.480 e. The number of hydrogen-bond donors (Lipinski definition) is 2. The van der Waals surface area contributed by atoms with Crippen molar-refractivity contribution in [2.24, 2.45) is 0 Å². The second-order valence-electron chi connectivity index (χ2n) is 4.22. The first-order valence-electron chi connectivity index (χ1n) is 5.56. The van der Waals surface area contributed by atoms with Gasteiger partial charge in [0.25, 0.3) is 0 Å². The zero-order valence-corrected chi connectivity index (χ0v) is 11.7. The molecule has 0 bridgehead atoms. The summed E-state index contributed by atoms with van der Waals surface area (Å²) in [5.41, 5.74) is 0. The lowest BCUT2D eigenvalue weighted by molar-refractivity contribution is -0.140. The summed E-state index contributed by atoms with van der Waals surface area (Å²) in [6, 6.07) is -1.32. The summed E-state index contributed by atoms with van der Waals surface area (Å²) >= 11 is 0. The number of carboxylic acid groups (broad SMARTS) is 1. The van der Waals surface area contributed by atoms with E-state index in [1.54, 1.807) is 0 Å². The van der Waals surface area contributed by atoms with Crippen LogP contribution in [0.3, 0.4) is 0 Å². The maximum absolute atomic E-state index is 12.0. The predicted octanol–water partition coefficient (Wildman–Crippen LogP) is -0.158. The van der Waals surface area contributed by atoms with Crippen molar-refractivity contribution in [1.29, 1.82) is 0 Å². The second kappa shape index (κ2) is 6.13. The van der Waals surface area contributed by atoms with Crippen LogP contribution in [-0.4, -0.2) is 49.0 Å². The first-order valence-corrected chi connectivity index (χ1v) is 7.04. The zero-order valence-electron chi connectivity index (χ0n) is 10.9. The molecule has 0 aliphatic carbocycles. The van der Waals surface area contributed by atoms with E-state index in [4.69, 9.17) is 5.11 Å². The molecule has 0 saturated carbocycles. The molecular formula is C10H17N3O5S. The molecule has 0 fully saturated rings. The highest BCUT2D eigenvalue weighted by Gasteiger charge is 2.26. The van der Waals surface area contributed by atoms with Crippen molar-refractivity contribution in [1.82, 2.24) is 14.5 Å². The third-order valence-electron chi connectivity index (χ3n) is 2.35. The van der Waals surface area contributed by atoms with Gasteiger partial charge in [-0.05, 0) is 13.8 Å². The van der Waals surface area contributed by atoms with Crippen LogP contribution in [0, 0.1) is 0 Å². The minimum absolute atomic E-state index is 0.0122. The maximum Gasteiger partial charge on any atom is 0.324 e. The SMILES string of the molecule is COCC(NS(=O)(=O)c1cnn(C(C)C)c1)C(=O)O. The number of nitrogens with zero attached hydrogens (tertiary/aromatic N) is 2. The van der Waals surface area contributed by atoms with Gasteiger partial charge in [0.15, 0.2) is 0 Å². The number of aliphatic carboxylic acids is 1. The van der Waals surface area contributed by atoms with Gasteiger partial charge in [-0.1, -0.05) is 0 Å². The van der Waals surface area contributed by atoms with Crippen molar-refractivity contribution in [2.45, 2.75) is 30.8 Å². The molecule has 19 heavy (non-hydrogen) atoms. The van der Waals surface area contributed by atoms with Crippen LogP contribution in [0.2, 0.25) is 0 Å². The van der Waals surface area contributed by atoms with Gasteiger partial charge < -0.3 is 9.84 Å². The highest BCUT2D eigenvalue weighted by molar-refractivity contribution is 7.89. The van der Waals surface area contributed by atoms with Crippen LogP contribution in [0.1, 0.15) is 19.9 Å². The molecule has 1 aromatic heterocycles. The molecule has 1 rings (SSSR count). The number of hydrogen-bond acceptors (Lipinski definition) is 5. The number of sulfonamides is 1. The van der Waals surface area contributed by atoms with Crippen LogP contribution >= 0.6 is 0 Å². The van der Waals surface area contributed by atoms with E-state index in [0.29, 0.717) is 0 Å². The van der Waals surface area contributed by atoms with E-state index in [9.17, 15) is 13.2 Å². The number of aromatic nitrogens is 2. The maximum atomic E-state index is 12.0. The molecule has 0 aliphatic rings. The van der Waals surface area contributed by atoms with E-state index in [0.717, 1.165) is 0 Å². The van der Waals surface area contributed by atoms with Crippen LogP contribution < -0.4 is 4.72 Å². The summed E-state index contributed by atoms with van der Waals surface area (Å²) in [6.07, 6.45) is 2.52. The third-order valence-corrected chi connectivity index (χ3v) is 3.77. The molecule has 0 amide bonds. The van der Waals surface area contributed by atoms with Gasteiger partial charge in [0, 0.05) is 19.3 Å². The molecule has 9 heteroatoms. The Morgan fingerprint density at radius 1 is 1.58 bits per heavy atom. The molecule has 8 nitrogen and oxygen atoms in total. The molecule has 0 saturated heterocycles. The van der Waals surface area contributed by atoms with Crippen LogP contribution in [0.15, 0.2) is 17.3 Å². The fourth-order valence-corrected chi connectivity index (χ4v) is 2.43. The van der Waals surface area contributed by atoms with Crippen molar-refractivity contribution in [3.05, 3.63) is 12.4 Å². The number of carboxylic acids is 1. The van der Waals surface area contributed by atoms with E-state index in [1.807, 2.05) is 13.8 Å². The predicted molar refractivity (Wildman–Crippen MR) is 66.2 cm³/mol. The van der Waals surface area contributed by atoms with Crippen molar-refractivity contribution in [3.63, 3.8) is 0 Å². The standard InChI is InChI=1S/C10H17N3O5S/c1-7(2)13-5-8(4-11-13)19(16,17)12-9(6-18-3)10(14)15/h4-5,7,9,12H,6H2,1-3H3,(H,14,15). The molecule has 1 aromatic rings. The normalized spacial score (nSPS) is 13.7. The van der Waals surface area contributed by atoms with Gasteiger partial charge in [-0.25, -0.2) is 8.42 Å². The molecule has 108 valence electrons. The first-order chi connectivity index (χ1) is 8.77. The third kappa shape index (κ3) is 4.01. The molecule has 1 unspecified atom stereocenters. The van der Waals surface area contributed by atoms with Crippen molar-refractivity contribution < 1.29 is 23.1 Å². The quantitative estimate of drug-likeness (QED) is 0.722. The molecule has 2 N–H and O–H groups in total. The van der Waals surface area contributed by atoms with Crippen molar-refractivity contribution in [2.75, 3.05) is 13.7 Å². The number of carbonyl (C=O) groups is 1. The average molecular weight is 291 g/mol. The van der Waals surface area contributed by atoms with Gasteiger partial charge in [0.05, 0.1) is 12.8 Å². The average Bonchev–Trinajstić information content (AvgIpc) is 2.78. The Morgan fingerprint density at radius 3 is 2.63 bits per heavy atom. The topological polar surface area (TPSA) is 111 Å². The van der Waals surface area contributed by atoms with Gasteiger partial charge >= 0.3 is 5.97 Å². The van der Waals surface area contributed by atoms with E-state index >= 15 is 0 Å². The van der Waals surface area contributed by atoms with Crippen LogP contribution in [-0.2, 0) is 19.6 Å². The van der Waals surface area contributed by atoms with Gasteiger partial charge in [-0.15, -0.1) is 0 Å². The van der Waals surface area contributed by atoms with E-state index in [-0.39, 0.29) is 17.5 Å². The Hall–Kier alpha value is -1.45. The molecular weight excluding hydrogens is 274 g/mol. The number of nitrogens with one attached hydrogen (secondary N) is 1. The van der Waals surface area contributed by atoms with Crippen molar-refractivity contribution >= 4 is 16.0 Å². The van der Waals surface area contributed by atoms with Gasteiger partial charge in [-0.3, -0.25) is 9.48 Å². The number of rotatable bonds is 7. The Morgan fingerprint density at radius 2 is 2.21 bits per heavy atom. The van der Waals surface area contributed by atoms with Crippen LogP contribution in [0.5, 0.6) is 0 Å². The minimum atomic E-state index is -3.93. The van der Waals surface area contributed by atoms with Crippen LogP contribution in [0.4, 0.5) is 0 Å². The van der Waals surface area contributed by atoms with Crippen molar-refractivity contribution in [3.8, 4) is 0 Å². The monoisotopic (exact) mass is 291 g/mol. The Balaban J connectivity index is 2.93. The Bertz CT molecular complexity index is 537. The van der Waals surface area contributed by atoms with Crippen LogP contribution in [0.25, 0.3) is 0 Å². The summed E-state index contributed by atoms with van der Waals surface area (Å²) in [5, 5.41) is 12.8. The van der Waals surface area contributed by atoms with E-state index < -0.39 is 22.0 Å². The number of methoxy groups -OCH3 is 1. The summed E-state index contributed by atoms with van der Waals surface area (Å²) in [4.78, 5) is 10.8. The molecule has 0 spiro atoms. The number of ether oxygens (including phenoxy) is 1. The Kier molecular flexibility index (Phi) is 5.04. The molecule has 1 heterocycles. The summed E-state index contributed by atoms with van der Waals surface area (Å²) in [5.74, 6) is -1.30. The lowest BCUT2D eigenvalue weighted by Gasteiger charge is -2.12. The van der Waals surface area contributed by atoms with E-state index in [2.05, 4.69) is 14.6 Å². The first kappa shape index (κ1) is 15.6. The summed E-state index contributed by atoms with van der Waals surface area (Å²) in [6.45, 7) is 3.44. The summed E-state index contributed by atoms with van der Waals surface area (Å²) in [7, 11) is -2.64. The molecule has 0 aliphatic heterocycles. The molecule has 0 aromatic carbocycles. The molecule has 1 atom stereocenters. The smallest absolute Gasteiger partial charge is 0.324 e. The second-order valence-corrected chi connectivity index (χ2v) is 5.93. The highest BCUT2D eigenvalue weighted by Crippen LogP contribution is 2.11. The summed E-state index contributed by atoms with van der Waals surface area (Å²) < 4.78 is 32.1. The fourth-order valence-electron chi connectivity index (χ4n) is 1.32. The highest BCUT2D eigenvalue weighted by atomic mass is 32.2. The zero-order chi connectivity index (χ0) is 14.6. The van der Waals surface area contributed by atoms with Gasteiger partial charge in [0.2, 0.25) is 10.0 Å². The fraction of sp³-hybridized carbons (Fsp3) is 0.600. The van der Waals surface area contributed by atoms with Gasteiger partial charge in [0.1, 0.15) is 10.9 Å². The van der Waals surface area contributed by atoms with Gasteiger partial charge in [-0.2, -0.15) is 9.82 Å². The molecule has 0 radical (unpaired) electrons. The Labute approximate surface area is 111 Å². The minimum Gasteiger partial charge on any atom is -0.480 e.